The lowest BCUT2D eigenvalue weighted by Gasteiger charge is -2.12. The van der Waals surface area contributed by atoms with E-state index in [0.717, 1.165) is 12.1 Å². The summed E-state index contributed by atoms with van der Waals surface area (Å²) in [7, 11) is 0. The first-order valence-electron chi connectivity index (χ1n) is 5.88. The molecule has 2 aromatic rings. The topological polar surface area (TPSA) is 113 Å². The van der Waals surface area contributed by atoms with Crippen molar-refractivity contribution in [1.82, 2.24) is 0 Å². The predicted molar refractivity (Wildman–Crippen MR) is 85.9 cm³/mol. The van der Waals surface area contributed by atoms with Gasteiger partial charge in [0.05, 0.1) is 25.6 Å². The number of hydrogen-bond acceptors (Lipinski definition) is 5. The summed E-state index contributed by atoms with van der Waals surface area (Å²) < 4.78 is 0. The van der Waals surface area contributed by atoms with Crippen molar-refractivity contribution in [1.29, 1.82) is 0 Å². The van der Waals surface area contributed by atoms with Crippen LogP contribution < -0.4 is 5.32 Å². The molecule has 2 rings (SSSR count). The lowest BCUT2D eigenvalue weighted by atomic mass is 10.1. The molecule has 0 aliphatic rings. The van der Waals surface area contributed by atoms with Crippen molar-refractivity contribution in [3.8, 4) is 11.5 Å². The third-order valence-corrected chi connectivity index (χ3v) is 3.92. The van der Waals surface area contributed by atoms with Crippen LogP contribution in [-0.4, -0.2) is 21.0 Å². The average molecular weight is 378 g/mol. The van der Waals surface area contributed by atoms with E-state index in [0.29, 0.717) is 0 Å². The second-order valence-corrected chi connectivity index (χ2v) is 5.45. The number of amides is 1. The maximum atomic E-state index is 12.2. The maximum Gasteiger partial charge on any atom is 0.311 e. The van der Waals surface area contributed by atoms with Gasteiger partial charge in [-0.25, -0.2) is 0 Å². The van der Waals surface area contributed by atoms with E-state index >= 15 is 0 Å². The van der Waals surface area contributed by atoms with Crippen LogP contribution in [0.5, 0.6) is 11.5 Å². The highest BCUT2D eigenvalue weighted by Gasteiger charge is 2.23. The van der Waals surface area contributed by atoms with Crippen LogP contribution in [-0.2, 0) is 0 Å². The van der Waals surface area contributed by atoms with Gasteiger partial charge in [-0.2, -0.15) is 0 Å². The zero-order valence-electron chi connectivity index (χ0n) is 11.0. The van der Waals surface area contributed by atoms with Gasteiger partial charge in [0.15, 0.2) is 5.75 Å². The summed E-state index contributed by atoms with van der Waals surface area (Å²) in [6.07, 6.45) is 0. The lowest BCUT2D eigenvalue weighted by Crippen LogP contribution is -2.13. The van der Waals surface area contributed by atoms with E-state index in [1.165, 1.54) is 12.1 Å². The van der Waals surface area contributed by atoms with Gasteiger partial charge in [0, 0.05) is 6.07 Å². The second kappa shape index (κ2) is 6.49. The molecular weight excluding hydrogens is 371 g/mol. The largest absolute Gasteiger partial charge is 0.504 e. The van der Waals surface area contributed by atoms with Gasteiger partial charge < -0.3 is 15.5 Å². The van der Waals surface area contributed by atoms with Gasteiger partial charge in [-0.15, -0.1) is 0 Å². The van der Waals surface area contributed by atoms with Crippen LogP contribution in [0, 0.1) is 10.1 Å². The zero-order chi connectivity index (χ0) is 17.3. The fourth-order valence-corrected chi connectivity index (χ4v) is 2.40. The molecule has 0 bridgehead atoms. The molecule has 1 amide bonds. The Kier molecular flexibility index (Phi) is 4.84. The molecule has 120 valence electrons. The minimum atomic E-state index is -0.943. The SMILES string of the molecule is O=C(Nc1c(O)c(Cl)cc(Cl)c1Cl)c1cccc([N+](=O)[O-])c1O. The molecule has 23 heavy (non-hydrogen) atoms. The van der Waals surface area contributed by atoms with Crippen LogP contribution in [0.3, 0.4) is 0 Å². The van der Waals surface area contributed by atoms with E-state index in [1.807, 2.05) is 0 Å². The van der Waals surface area contributed by atoms with Gasteiger partial charge >= 0.3 is 5.69 Å². The number of nitro groups is 1. The fourth-order valence-electron chi connectivity index (χ4n) is 1.74. The molecule has 0 atom stereocenters. The number of aromatic hydroxyl groups is 2. The number of phenols is 2. The number of carbonyl (C=O) groups excluding carboxylic acids is 1. The summed E-state index contributed by atoms with van der Waals surface area (Å²) in [6.45, 7) is 0. The van der Waals surface area contributed by atoms with Gasteiger partial charge in [-0.1, -0.05) is 40.9 Å². The number of anilines is 1. The second-order valence-electron chi connectivity index (χ2n) is 4.26. The van der Waals surface area contributed by atoms with Crippen LogP contribution >= 0.6 is 34.8 Å². The Bertz CT molecular complexity index is 799. The Morgan fingerprint density at radius 2 is 1.78 bits per heavy atom. The summed E-state index contributed by atoms with van der Waals surface area (Å²) in [5.74, 6) is -2.29. The summed E-state index contributed by atoms with van der Waals surface area (Å²) in [4.78, 5) is 22.1. The highest BCUT2D eigenvalue weighted by molar-refractivity contribution is 6.46. The highest BCUT2D eigenvalue weighted by atomic mass is 35.5. The van der Waals surface area contributed by atoms with E-state index in [9.17, 15) is 25.1 Å². The molecule has 10 heteroatoms. The molecule has 0 unspecified atom stereocenters. The number of rotatable bonds is 3. The van der Waals surface area contributed by atoms with E-state index < -0.39 is 28.0 Å². The van der Waals surface area contributed by atoms with Gasteiger partial charge in [-0.3, -0.25) is 14.9 Å². The Hall–Kier alpha value is -2.22. The summed E-state index contributed by atoms with van der Waals surface area (Å²) >= 11 is 17.4. The molecule has 0 fully saturated rings. The van der Waals surface area contributed by atoms with Crippen molar-refractivity contribution < 1.29 is 19.9 Å². The average Bonchev–Trinajstić information content (AvgIpc) is 2.49. The van der Waals surface area contributed by atoms with Crippen molar-refractivity contribution in [3.05, 3.63) is 55.0 Å². The van der Waals surface area contributed by atoms with Crippen LogP contribution in [0.1, 0.15) is 10.4 Å². The minimum Gasteiger partial charge on any atom is -0.504 e. The summed E-state index contributed by atoms with van der Waals surface area (Å²) in [6, 6.07) is 4.60. The molecular formula is C13H7Cl3N2O5. The summed E-state index contributed by atoms with van der Waals surface area (Å²) in [5, 5.41) is 32.3. The van der Waals surface area contributed by atoms with Gasteiger partial charge in [0.1, 0.15) is 5.69 Å². The Morgan fingerprint density at radius 3 is 2.39 bits per heavy atom. The van der Waals surface area contributed by atoms with Gasteiger partial charge in [-0.05, 0) is 12.1 Å². The fraction of sp³-hybridized carbons (Fsp3) is 0. The van der Waals surface area contributed by atoms with Crippen LogP contribution in [0.25, 0.3) is 0 Å². The highest BCUT2D eigenvalue weighted by Crippen LogP contribution is 2.43. The Balaban J connectivity index is 2.46. The first kappa shape index (κ1) is 17.1. The van der Waals surface area contributed by atoms with Crippen molar-refractivity contribution in [2.75, 3.05) is 5.32 Å². The zero-order valence-corrected chi connectivity index (χ0v) is 13.3. The molecule has 3 N–H and O–H groups in total. The van der Waals surface area contributed by atoms with Crippen molar-refractivity contribution >= 4 is 52.1 Å². The first-order valence-corrected chi connectivity index (χ1v) is 7.01. The number of para-hydroxylation sites is 1. The molecule has 2 aromatic carbocycles. The third-order valence-electron chi connectivity index (χ3n) is 2.84. The van der Waals surface area contributed by atoms with E-state index in [4.69, 9.17) is 34.8 Å². The number of nitro benzene ring substituents is 1. The predicted octanol–water partition coefficient (Wildman–Crippen LogP) is 4.22. The first-order chi connectivity index (χ1) is 10.7. The smallest absolute Gasteiger partial charge is 0.311 e. The monoisotopic (exact) mass is 376 g/mol. The lowest BCUT2D eigenvalue weighted by molar-refractivity contribution is -0.385. The Labute approximate surface area is 144 Å². The van der Waals surface area contributed by atoms with Crippen LogP contribution in [0.4, 0.5) is 11.4 Å². The van der Waals surface area contributed by atoms with Crippen molar-refractivity contribution in [2.45, 2.75) is 0 Å². The Morgan fingerprint density at radius 1 is 1.13 bits per heavy atom. The molecule has 0 aliphatic heterocycles. The van der Waals surface area contributed by atoms with E-state index in [1.54, 1.807) is 0 Å². The molecule has 7 nitrogen and oxygen atoms in total. The molecule has 0 radical (unpaired) electrons. The third kappa shape index (κ3) is 3.26. The number of nitrogens with zero attached hydrogens (tertiary/aromatic N) is 1. The van der Waals surface area contributed by atoms with Crippen molar-refractivity contribution in [3.63, 3.8) is 0 Å². The molecule has 0 aliphatic carbocycles. The normalized spacial score (nSPS) is 10.4. The van der Waals surface area contributed by atoms with E-state index in [-0.39, 0.29) is 26.3 Å². The standard InChI is InChI=1S/C13H7Cl3N2O5/c14-6-4-7(15)12(20)10(9(6)16)17-13(21)5-2-1-3-8(11(5)19)18(22)23/h1-4,19-20H,(H,17,21). The van der Waals surface area contributed by atoms with Gasteiger partial charge in [0.2, 0.25) is 5.75 Å². The number of carbonyl (C=O) groups is 1. The quantitative estimate of drug-likeness (QED) is 0.321. The number of nitrogens with one attached hydrogen (secondary N) is 1. The van der Waals surface area contributed by atoms with Crippen LogP contribution in [0.2, 0.25) is 15.1 Å². The molecule has 0 aromatic heterocycles. The number of phenolic OH excluding ortho intramolecular Hbond substituents is 2. The van der Waals surface area contributed by atoms with E-state index in [2.05, 4.69) is 5.32 Å². The molecule has 0 saturated heterocycles. The maximum absolute atomic E-state index is 12.2. The number of hydrogen-bond donors (Lipinski definition) is 3. The minimum absolute atomic E-state index is 0.0203. The van der Waals surface area contributed by atoms with Crippen molar-refractivity contribution in [2.24, 2.45) is 0 Å². The van der Waals surface area contributed by atoms with Gasteiger partial charge in [0.25, 0.3) is 5.91 Å². The number of halogens is 3. The molecule has 0 spiro atoms. The molecule has 0 heterocycles. The van der Waals surface area contributed by atoms with Crippen LogP contribution in [0.15, 0.2) is 24.3 Å². The number of benzene rings is 2. The summed E-state index contributed by atoms with van der Waals surface area (Å²) in [5.41, 5.74) is -1.30. The molecule has 0 saturated carbocycles.